The first-order valence-electron chi connectivity index (χ1n) is 4.62. The van der Waals surface area contributed by atoms with Gasteiger partial charge >= 0.3 is 0 Å². The summed E-state index contributed by atoms with van der Waals surface area (Å²) in [5.74, 6) is 0.690. The van der Waals surface area contributed by atoms with E-state index in [1.807, 2.05) is 0 Å². The molecule has 0 aliphatic heterocycles. The lowest BCUT2D eigenvalue weighted by Crippen LogP contribution is -2.39. The van der Waals surface area contributed by atoms with E-state index in [1.165, 1.54) is 25.7 Å². The molecule has 0 radical (unpaired) electrons. The Kier molecular flexibility index (Phi) is 4.02. The number of halogens is 1. The summed E-state index contributed by atoms with van der Waals surface area (Å²) in [6.07, 6.45) is 5.06. The van der Waals surface area contributed by atoms with Crippen LogP contribution in [0.2, 0.25) is 0 Å². The zero-order chi connectivity index (χ0) is 8.97. The fourth-order valence-electron chi connectivity index (χ4n) is 1.83. The van der Waals surface area contributed by atoms with Crippen molar-refractivity contribution >= 4 is 16.8 Å². The van der Waals surface area contributed by atoms with E-state index in [1.54, 1.807) is 0 Å². The largest absolute Gasteiger partial charge is 0.306 e. The molecule has 1 saturated carbocycles. The molecule has 0 aromatic rings. The zero-order valence-electron chi connectivity index (χ0n) is 7.48. The van der Waals surface area contributed by atoms with Gasteiger partial charge in [0.15, 0.2) is 0 Å². The highest BCUT2D eigenvalue weighted by atomic mass is 35.5. The summed E-state index contributed by atoms with van der Waals surface area (Å²) in [7, 11) is 0. The smallest absolute Gasteiger partial charge is 0.235 e. The zero-order valence-corrected chi connectivity index (χ0v) is 8.23. The SMILES string of the molecule is CC1CCCCC1NCC(=O)Cl. The van der Waals surface area contributed by atoms with E-state index in [-0.39, 0.29) is 5.24 Å². The first-order valence-corrected chi connectivity index (χ1v) is 4.99. The van der Waals surface area contributed by atoms with Gasteiger partial charge in [0.1, 0.15) is 0 Å². The van der Waals surface area contributed by atoms with E-state index < -0.39 is 0 Å². The van der Waals surface area contributed by atoms with Crippen molar-refractivity contribution in [2.45, 2.75) is 38.6 Å². The Hall–Kier alpha value is -0.0800. The van der Waals surface area contributed by atoms with Crippen LogP contribution in [-0.2, 0) is 4.79 Å². The van der Waals surface area contributed by atoms with E-state index in [4.69, 9.17) is 11.6 Å². The number of rotatable bonds is 3. The van der Waals surface area contributed by atoms with Gasteiger partial charge in [-0.2, -0.15) is 0 Å². The summed E-state index contributed by atoms with van der Waals surface area (Å²) in [4.78, 5) is 10.5. The third-order valence-corrected chi connectivity index (χ3v) is 2.75. The Labute approximate surface area is 78.7 Å². The van der Waals surface area contributed by atoms with Crippen molar-refractivity contribution in [2.75, 3.05) is 6.54 Å². The summed E-state index contributed by atoms with van der Waals surface area (Å²) >= 11 is 5.24. The number of carbonyl (C=O) groups excluding carboxylic acids is 1. The van der Waals surface area contributed by atoms with Crippen LogP contribution in [-0.4, -0.2) is 17.8 Å². The molecule has 2 nitrogen and oxygen atoms in total. The Morgan fingerprint density at radius 1 is 1.50 bits per heavy atom. The molecule has 0 aromatic heterocycles. The first kappa shape index (κ1) is 10.0. The van der Waals surface area contributed by atoms with Crippen LogP contribution in [0.25, 0.3) is 0 Å². The Balaban J connectivity index is 2.24. The molecule has 70 valence electrons. The Morgan fingerprint density at radius 2 is 2.17 bits per heavy atom. The molecule has 1 N–H and O–H groups in total. The van der Waals surface area contributed by atoms with Crippen molar-refractivity contribution in [3.63, 3.8) is 0 Å². The van der Waals surface area contributed by atoms with Crippen LogP contribution in [0, 0.1) is 5.92 Å². The van der Waals surface area contributed by atoms with Crippen LogP contribution >= 0.6 is 11.6 Å². The molecule has 2 atom stereocenters. The third kappa shape index (κ3) is 3.11. The van der Waals surface area contributed by atoms with Crippen molar-refractivity contribution in [1.82, 2.24) is 5.32 Å². The molecule has 12 heavy (non-hydrogen) atoms. The normalized spacial score (nSPS) is 30.2. The molecule has 0 saturated heterocycles. The summed E-state index contributed by atoms with van der Waals surface area (Å²) in [6.45, 7) is 2.55. The average Bonchev–Trinajstić information content (AvgIpc) is 2.03. The third-order valence-electron chi connectivity index (χ3n) is 2.61. The highest BCUT2D eigenvalue weighted by molar-refractivity contribution is 6.64. The molecular formula is C9H16ClNO. The van der Waals surface area contributed by atoms with Gasteiger partial charge in [0, 0.05) is 6.04 Å². The number of carbonyl (C=O) groups is 1. The van der Waals surface area contributed by atoms with E-state index >= 15 is 0 Å². The second kappa shape index (κ2) is 4.83. The molecule has 2 unspecified atom stereocenters. The first-order chi connectivity index (χ1) is 5.70. The van der Waals surface area contributed by atoms with Gasteiger partial charge in [-0.25, -0.2) is 0 Å². The molecule has 1 aliphatic rings. The summed E-state index contributed by atoms with van der Waals surface area (Å²) < 4.78 is 0. The van der Waals surface area contributed by atoms with Gasteiger partial charge in [0.05, 0.1) is 6.54 Å². The van der Waals surface area contributed by atoms with Crippen molar-refractivity contribution in [3.05, 3.63) is 0 Å². The van der Waals surface area contributed by atoms with E-state index in [9.17, 15) is 4.79 Å². The highest BCUT2D eigenvalue weighted by Crippen LogP contribution is 2.23. The van der Waals surface area contributed by atoms with Crippen molar-refractivity contribution in [3.8, 4) is 0 Å². The molecule has 3 heteroatoms. The average molecular weight is 190 g/mol. The van der Waals surface area contributed by atoms with Gasteiger partial charge in [-0.3, -0.25) is 4.79 Å². The second-order valence-electron chi connectivity index (χ2n) is 3.60. The van der Waals surface area contributed by atoms with Gasteiger partial charge in [0.2, 0.25) is 5.24 Å². The van der Waals surface area contributed by atoms with Gasteiger partial charge < -0.3 is 5.32 Å². The summed E-state index contributed by atoms with van der Waals surface area (Å²) in [5.41, 5.74) is 0. The predicted octanol–water partition coefficient (Wildman–Crippen LogP) is 1.92. The molecule has 0 heterocycles. The van der Waals surface area contributed by atoms with Gasteiger partial charge in [0.25, 0.3) is 0 Å². The second-order valence-corrected chi connectivity index (χ2v) is 4.03. The summed E-state index contributed by atoms with van der Waals surface area (Å²) in [5, 5.41) is 2.90. The molecule has 1 rings (SSSR count). The number of hydrogen-bond donors (Lipinski definition) is 1. The molecule has 1 aliphatic carbocycles. The lowest BCUT2D eigenvalue weighted by Gasteiger charge is -2.29. The topological polar surface area (TPSA) is 29.1 Å². The minimum Gasteiger partial charge on any atom is -0.306 e. The lowest BCUT2D eigenvalue weighted by atomic mass is 9.86. The molecular weight excluding hydrogens is 174 g/mol. The van der Waals surface area contributed by atoms with Crippen molar-refractivity contribution < 1.29 is 4.79 Å². The molecule has 0 bridgehead atoms. The molecule has 1 fully saturated rings. The minimum atomic E-state index is -0.284. The summed E-state index contributed by atoms with van der Waals surface area (Å²) in [6, 6.07) is 0.501. The maximum absolute atomic E-state index is 10.5. The standard InChI is InChI=1S/C9H16ClNO/c1-7-4-2-3-5-8(7)11-6-9(10)12/h7-8,11H,2-6H2,1H3. The van der Waals surface area contributed by atoms with E-state index in [2.05, 4.69) is 12.2 Å². The van der Waals surface area contributed by atoms with Crippen LogP contribution in [0.5, 0.6) is 0 Å². The lowest BCUT2D eigenvalue weighted by molar-refractivity contribution is -0.111. The maximum atomic E-state index is 10.5. The van der Waals surface area contributed by atoms with Crippen LogP contribution in [0.1, 0.15) is 32.6 Å². The van der Waals surface area contributed by atoms with Crippen LogP contribution in [0.4, 0.5) is 0 Å². The number of nitrogens with one attached hydrogen (secondary N) is 1. The highest BCUT2D eigenvalue weighted by Gasteiger charge is 2.20. The number of hydrogen-bond acceptors (Lipinski definition) is 2. The monoisotopic (exact) mass is 189 g/mol. The van der Waals surface area contributed by atoms with Crippen LogP contribution in [0.15, 0.2) is 0 Å². The van der Waals surface area contributed by atoms with Gasteiger partial charge in [-0.05, 0) is 30.4 Å². The van der Waals surface area contributed by atoms with Gasteiger partial charge in [-0.15, -0.1) is 0 Å². The van der Waals surface area contributed by atoms with Crippen molar-refractivity contribution in [2.24, 2.45) is 5.92 Å². The maximum Gasteiger partial charge on any atom is 0.235 e. The predicted molar refractivity (Wildman–Crippen MR) is 50.3 cm³/mol. The van der Waals surface area contributed by atoms with Crippen molar-refractivity contribution in [1.29, 1.82) is 0 Å². The van der Waals surface area contributed by atoms with Crippen LogP contribution < -0.4 is 5.32 Å². The van der Waals surface area contributed by atoms with E-state index in [0.29, 0.717) is 18.5 Å². The van der Waals surface area contributed by atoms with Gasteiger partial charge in [-0.1, -0.05) is 19.8 Å². The minimum absolute atomic E-state index is 0.284. The van der Waals surface area contributed by atoms with Crippen LogP contribution in [0.3, 0.4) is 0 Å². The quantitative estimate of drug-likeness (QED) is 0.688. The Morgan fingerprint density at radius 3 is 2.75 bits per heavy atom. The fraction of sp³-hybridized carbons (Fsp3) is 0.889. The Bertz CT molecular complexity index is 161. The fourth-order valence-corrected chi connectivity index (χ4v) is 1.91. The van der Waals surface area contributed by atoms with E-state index in [0.717, 1.165) is 0 Å². The molecule has 0 aromatic carbocycles. The molecule has 0 spiro atoms. The molecule has 0 amide bonds.